The van der Waals surface area contributed by atoms with Crippen LogP contribution in [-0.2, 0) is 4.79 Å². The van der Waals surface area contributed by atoms with E-state index < -0.39 is 6.04 Å². The standard InChI is InChI=1S/C17H23N3O/c18-15(10-12-4-2-1-3-5-12)17(21)20-14-6-7-16-13(11-14)8-9-19-16/h6-9,11-12,15,19H,1-5,10,18H2,(H,20,21). The normalized spacial score (nSPS) is 17.8. The number of benzene rings is 1. The third-order valence-electron chi connectivity index (χ3n) is 4.47. The van der Waals surface area contributed by atoms with Gasteiger partial charge in [0, 0.05) is 22.8 Å². The second kappa shape index (κ2) is 6.31. The highest BCUT2D eigenvalue weighted by Crippen LogP contribution is 2.27. The monoisotopic (exact) mass is 285 g/mol. The molecular formula is C17H23N3O. The maximum absolute atomic E-state index is 12.2. The molecule has 1 aromatic carbocycles. The quantitative estimate of drug-likeness (QED) is 0.805. The van der Waals surface area contributed by atoms with Gasteiger partial charge in [0.25, 0.3) is 0 Å². The topological polar surface area (TPSA) is 70.9 Å². The molecule has 1 unspecified atom stereocenters. The van der Waals surface area contributed by atoms with Crippen LogP contribution in [0.25, 0.3) is 10.9 Å². The summed E-state index contributed by atoms with van der Waals surface area (Å²) >= 11 is 0. The molecule has 112 valence electrons. The van der Waals surface area contributed by atoms with Gasteiger partial charge < -0.3 is 16.0 Å². The molecule has 1 saturated carbocycles. The van der Waals surface area contributed by atoms with Crippen LogP contribution in [0.3, 0.4) is 0 Å². The summed E-state index contributed by atoms with van der Waals surface area (Å²) in [6.45, 7) is 0. The number of hydrogen-bond donors (Lipinski definition) is 3. The van der Waals surface area contributed by atoms with Crippen molar-refractivity contribution in [1.82, 2.24) is 4.98 Å². The van der Waals surface area contributed by atoms with E-state index in [-0.39, 0.29) is 5.91 Å². The number of aromatic nitrogens is 1. The minimum atomic E-state index is -0.407. The smallest absolute Gasteiger partial charge is 0.241 e. The molecule has 0 radical (unpaired) electrons. The van der Waals surface area contributed by atoms with Crippen molar-refractivity contribution in [2.24, 2.45) is 11.7 Å². The molecule has 21 heavy (non-hydrogen) atoms. The lowest BCUT2D eigenvalue weighted by atomic mass is 9.85. The van der Waals surface area contributed by atoms with E-state index in [0.29, 0.717) is 5.92 Å². The molecule has 1 heterocycles. The summed E-state index contributed by atoms with van der Waals surface area (Å²) in [6, 6.07) is 7.43. The fraction of sp³-hybridized carbons (Fsp3) is 0.471. The van der Waals surface area contributed by atoms with Gasteiger partial charge in [-0.15, -0.1) is 0 Å². The maximum Gasteiger partial charge on any atom is 0.241 e. The van der Waals surface area contributed by atoms with Crippen molar-refractivity contribution in [3.8, 4) is 0 Å². The number of amides is 1. The Morgan fingerprint density at radius 3 is 2.90 bits per heavy atom. The van der Waals surface area contributed by atoms with Crippen LogP contribution in [0, 0.1) is 5.92 Å². The summed E-state index contributed by atoms with van der Waals surface area (Å²) < 4.78 is 0. The number of carbonyl (C=O) groups is 1. The summed E-state index contributed by atoms with van der Waals surface area (Å²) in [5.74, 6) is 0.544. The Morgan fingerprint density at radius 2 is 2.10 bits per heavy atom. The van der Waals surface area contributed by atoms with E-state index in [1.54, 1.807) is 0 Å². The summed E-state index contributed by atoms with van der Waals surface area (Å²) in [5.41, 5.74) is 7.95. The summed E-state index contributed by atoms with van der Waals surface area (Å²) in [7, 11) is 0. The first kappa shape index (κ1) is 14.1. The predicted octanol–water partition coefficient (Wildman–Crippen LogP) is 3.40. The van der Waals surface area contributed by atoms with E-state index in [2.05, 4.69) is 10.3 Å². The number of fused-ring (bicyclic) bond motifs is 1. The number of hydrogen-bond acceptors (Lipinski definition) is 2. The van der Waals surface area contributed by atoms with Gasteiger partial charge in [0.15, 0.2) is 0 Å². The number of nitrogens with two attached hydrogens (primary N) is 1. The number of anilines is 1. The zero-order chi connectivity index (χ0) is 14.7. The van der Waals surface area contributed by atoms with Gasteiger partial charge in [-0.3, -0.25) is 4.79 Å². The summed E-state index contributed by atoms with van der Waals surface area (Å²) in [4.78, 5) is 15.4. The number of rotatable bonds is 4. The Hall–Kier alpha value is -1.81. The highest BCUT2D eigenvalue weighted by Gasteiger charge is 2.21. The van der Waals surface area contributed by atoms with Gasteiger partial charge in [-0.1, -0.05) is 32.1 Å². The van der Waals surface area contributed by atoms with Crippen molar-refractivity contribution >= 4 is 22.5 Å². The molecule has 0 bridgehead atoms. The molecular weight excluding hydrogens is 262 g/mol. The Balaban J connectivity index is 1.59. The van der Waals surface area contributed by atoms with Gasteiger partial charge in [-0.25, -0.2) is 0 Å². The van der Waals surface area contributed by atoms with Crippen LogP contribution < -0.4 is 11.1 Å². The highest BCUT2D eigenvalue weighted by molar-refractivity contribution is 5.96. The Morgan fingerprint density at radius 1 is 1.29 bits per heavy atom. The fourth-order valence-corrected chi connectivity index (χ4v) is 3.25. The van der Waals surface area contributed by atoms with Crippen molar-refractivity contribution in [1.29, 1.82) is 0 Å². The van der Waals surface area contributed by atoms with Crippen molar-refractivity contribution in [2.75, 3.05) is 5.32 Å². The first-order valence-electron chi connectivity index (χ1n) is 7.86. The molecule has 1 atom stereocenters. The first-order chi connectivity index (χ1) is 10.2. The van der Waals surface area contributed by atoms with Crippen LogP contribution in [0.2, 0.25) is 0 Å². The van der Waals surface area contributed by atoms with Crippen molar-refractivity contribution < 1.29 is 4.79 Å². The number of carbonyl (C=O) groups excluding carboxylic acids is 1. The Kier molecular flexibility index (Phi) is 4.25. The van der Waals surface area contributed by atoms with Crippen molar-refractivity contribution in [3.63, 3.8) is 0 Å². The predicted molar refractivity (Wildman–Crippen MR) is 86.1 cm³/mol. The molecule has 1 amide bonds. The molecule has 0 saturated heterocycles. The SMILES string of the molecule is NC(CC1CCCCC1)C(=O)Nc1ccc2[nH]ccc2c1. The van der Waals surface area contributed by atoms with E-state index in [4.69, 9.17) is 5.73 Å². The fourth-order valence-electron chi connectivity index (χ4n) is 3.25. The molecule has 4 nitrogen and oxygen atoms in total. The van der Waals surface area contributed by atoms with Gasteiger partial charge in [-0.2, -0.15) is 0 Å². The van der Waals surface area contributed by atoms with Gasteiger partial charge >= 0.3 is 0 Å². The lowest BCUT2D eigenvalue weighted by molar-refractivity contribution is -0.117. The van der Waals surface area contributed by atoms with Crippen LogP contribution in [0.1, 0.15) is 38.5 Å². The average molecular weight is 285 g/mol. The van der Waals surface area contributed by atoms with Gasteiger partial charge in [0.1, 0.15) is 0 Å². The minimum Gasteiger partial charge on any atom is -0.361 e. The molecule has 3 rings (SSSR count). The lowest BCUT2D eigenvalue weighted by Gasteiger charge is -2.24. The van der Waals surface area contributed by atoms with Crippen LogP contribution in [0.15, 0.2) is 30.5 Å². The molecule has 1 aliphatic carbocycles. The largest absolute Gasteiger partial charge is 0.361 e. The molecule has 0 spiro atoms. The van der Waals surface area contributed by atoms with Gasteiger partial charge in [-0.05, 0) is 36.6 Å². The van der Waals surface area contributed by atoms with E-state index in [0.717, 1.165) is 23.0 Å². The zero-order valence-electron chi connectivity index (χ0n) is 12.3. The number of nitrogens with one attached hydrogen (secondary N) is 2. The molecule has 4 N–H and O–H groups in total. The molecule has 2 aromatic rings. The molecule has 4 heteroatoms. The summed E-state index contributed by atoms with van der Waals surface area (Å²) in [5, 5.41) is 4.03. The van der Waals surface area contributed by atoms with Crippen LogP contribution in [0.4, 0.5) is 5.69 Å². The number of H-pyrrole nitrogens is 1. The summed E-state index contributed by atoms with van der Waals surface area (Å²) in [6.07, 6.45) is 9.02. The average Bonchev–Trinajstić information content (AvgIpc) is 2.95. The molecule has 1 fully saturated rings. The number of aromatic amines is 1. The molecule has 0 aliphatic heterocycles. The molecule has 1 aromatic heterocycles. The van der Waals surface area contributed by atoms with Gasteiger partial charge in [0.2, 0.25) is 5.91 Å². The Labute approximate surface area is 125 Å². The third-order valence-corrected chi connectivity index (χ3v) is 4.47. The maximum atomic E-state index is 12.2. The van der Waals surface area contributed by atoms with Crippen LogP contribution in [0.5, 0.6) is 0 Å². The van der Waals surface area contributed by atoms with Crippen molar-refractivity contribution in [3.05, 3.63) is 30.5 Å². The van der Waals surface area contributed by atoms with Crippen LogP contribution in [-0.4, -0.2) is 16.9 Å². The van der Waals surface area contributed by atoms with E-state index in [1.807, 2.05) is 30.5 Å². The van der Waals surface area contributed by atoms with Crippen molar-refractivity contribution in [2.45, 2.75) is 44.6 Å². The second-order valence-corrected chi connectivity index (χ2v) is 6.12. The highest BCUT2D eigenvalue weighted by atomic mass is 16.2. The Bertz CT molecular complexity index is 613. The van der Waals surface area contributed by atoms with E-state index in [9.17, 15) is 4.79 Å². The van der Waals surface area contributed by atoms with Gasteiger partial charge in [0.05, 0.1) is 6.04 Å². The van der Waals surface area contributed by atoms with E-state index >= 15 is 0 Å². The third kappa shape index (κ3) is 3.45. The lowest BCUT2D eigenvalue weighted by Crippen LogP contribution is -2.37. The zero-order valence-corrected chi connectivity index (χ0v) is 12.3. The van der Waals surface area contributed by atoms with E-state index in [1.165, 1.54) is 32.1 Å². The molecule has 1 aliphatic rings. The van der Waals surface area contributed by atoms with Crippen LogP contribution >= 0.6 is 0 Å². The second-order valence-electron chi connectivity index (χ2n) is 6.12. The first-order valence-corrected chi connectivity index (χ1v) is 7.86. The minimum absolute atomic E-state index is 0.0736.